The maximum atomic E-state index is 12.7. The molecule has 0 aliphatic rings. The number of ether oxygens (including phenoxy) is 1. The van der Waals surface area contributed by atoms with Crippen LogP contribution >= 0.6 is 11.3 Å². The smallest absolute Gasteiger partial charge is 0.341 e. The second-order valence-corrected chi connectivity index (χ2v) is 8.03. The first kappa shape index (κ1) is 21.7. The number of anilines is 1. The summed E-state index contributed by atoms with van der Waals surface area (Å²) < 4.78 is 5.26. The van der Waals surface area contributed by atoms with E-state index in [0.29, 0.717) is 17.1 Å². The summed E-state index contributed by atoms with van der Waals surface area (Å²) in [6.45, 7) is 4.94. The van der Waals surface area contributed by atoms with Crippen molar-refractivity contribution < 1.29 is 14.3 Å². The predicted octanol–water partition coefficient (Wildman–Crippen LogP) is 4.97. The summed E-state index contributed by atoms with van der Waals surface area (Å²) in [5, 5.41) is 5.31. The molecule has 0 fully saturated rings. The molecule has 0 saturated heterocycles. The molecule has 1 N–H and O–H groups in total. The fourth-order valence-electron chi connectivity index (χ4n) is 3.16. The van der Waals surface area contributed by atoms with E-state index in [-0.39, 0.29) is 19.1 Å². The van der Waals surface area contributed by atoms with Crippen LogP contribution in [0.4, 0.5) is 5.00 Å². The zero-order valence-electron chi connectivity index (χ0n) is 17.5. The van der Waals surface area contributed by atoms with Crippen LogP contribution in [0.2, 0.25) is 0 Å². The molecule has 3 rings (SSSR count). The SMILES string of the molecule is CCOC(=O)c1c(-c2ccc(C)cc2)csc1NC(=O)CN(C)Cc1ccccc1. The molecule has 0 radical (unpaired) electrons. The molecular weight excluding hydrogens is 396 g/mol. The Hall–Kier alpha value is -2.96. The van der Waals surface area contributed by atoms with Gasteiger partial charge >= 0.3 is 5.97 Å². The number of thiophene rings is 1. The van der Waals surface area contributed by atoms with E-state index in [1.54, 1.807) is 6.92 Å². The summed E-state index contributed by atoms with van der Waals surface area (Å²) in [4.78, 5) is 27.2. The van der Waals surface area contributed by atoms with Crippen molar-refractivity contribution in [2.75, 3.05) is 25.5 Å². The van der Waals surface area contributed by atoms with Gasteiger partial charge in [-0.15, -0.1) is 11.3 Å². The van der Waals surface area contributed by atoms with E-state index < -0.39 is 5.97 Å². The Morgan fingerprint density at radius 2 is 1.77 bits per heavy atom. The number of esters is 1. The molecule has 6 heteroatoms. The normalized spacial score (nSPS) is 10.8. The van der Waals surface area contributed by atoms with E-state index in [1.807, 2.05) is 78.8 Å². The van der Waals surface area contributed by atoms with Crippen molar-refractivity contribution in [1.82, 2.24) is 4.90 Å². The van der Waals surface area contributed by atoms with Crippen LogP contribution in [0.1, 0.15) is 28.4 Å². The Balaban J connectivity index is 1.76. The number of nitrogens with one attached hydrogen (secondary N) is 1. The molecule has 2 aromatic carbocycles. The van der Waals surface area contributed by atoms with Crippen LogP contribution in [-0.2, 0) is 16.1 Å². The lowest BCUT2D eigenvalue weighted by Crippen LogP contribution is -2.30. The molecule has 5 nitrogen and oxygen atoms in total. The fraction of sp³-hybridized carbons (Fsp3) is 0.250. The number of hydrogen-bond acceptors (Lipinski definition) is 5. The first-order valence-electron chi connectivity index (χ1n) is 9.86. The van der Waals surface area contributed by atoms with Gasteiger partial charge < -0.3 is 10.1 Å². The molecule has 3 aromatic rings. The Labute approximate surface area is 181 Å². The molecule has 0 spiro atoms. The lowest BCUT2D eigenvalue weighted by atomic mass is 10.0. The number of carbonyl (C=O) groups excluding carboxylic acids is 2. The molecule has 0 saturated carbocycles. The van der Waals surface area contributed by atoms with Gasteiger partial charge in [0.1, 0.15) is 10.6 Å². The van der Waals surface area contributed by atoms with Gasteiger partial charge in [-0.3, -0.25) is 9.69 Å². The van der Waals surface area contributed by atoms with Crippen molar-refractivity contribution in [3.63, 3.8) is 0 Å². The van der Waals surface area contributed by atoms with Crippen LogP contribution in [0.3, 0.4) is 0 Å². The topological polar surface area (TPSA) is 58.6 Å². The van der Waals surface area contributed by atoms with Crippen LogP contribution in [0.15, 0.2) is 60.0 Å². The fourth-order valence-corrected chi connectivity index (χ4v) is 4.14. The average Bonchev–Trinajstić information content (AvgIpc) is 3.12. The van der Waals surface area contributed by atoms with E-state index >= 15 is 0 Å². The number of aryl methyl sites for hydroxylation is 1. The van der Waals surface area contributed by atoms with Gasteiger partial charge in [0.15, 0.2) is 0 Å². The zero-order valence-corrected chi connectivity index (χ0v) is 18.3. The third-order valence-electron chi connectivity index (χ3n) is 4.59. The zero-order chi connectivity index (χ0) is 21.5. The highest BCUT2D eigenvalue weighted by atomic mass is 32.1. The first-order valence-corrected chi connectivity index (χ1v) is 10.7. The number of nitrogens with zero attached hydrogens (tertiary/aromatic N) is 1. The monoisotopic (exact) mass is 422 g/mol. The standard InChI is InChI=1S/C24H26N2O3S/c1-4-29-24(28)22-20(19-12-10-17(2)11-13-19)16-30-23(22)25-21(27)15-26(3)14-18-8-6-5-7-9-18/h5-13,16H,4,14-15H2,1-3H3,(H,25,27). The summed E-state index contributed by atoms with van der Waals surface area (Å²) in [5.74, 6) is -0.599. The van der Waals surface area contributed by atoms with Crippen LogP contribution in [0, 0.1) is 6.92 Å². The molecule has 0 unspecified atom stereocenters. The van der Waals surface area contributed by atoms with E-state index in [9.17, 15) is 9.59 Å². The third kappa shape index (κ3) is 5.55. The van der Waals surface area contributed by atoms with Gasteiger partial charge in [-0.2, -0.15) is 0 Å². The van der Waals surface area contributed by atoms with Crippen molar-refractivity contribution in [1.29, 1.82) is 0 Å². The highest BCUT2D eigenvalue weighted by Crippen LogP contribution is 2.36. The Kier molecular flexibility index (Phi) is 7.38. The van der Waals surface area contributed by atoms with Gasteiger partial charge in [-0.05, 0) is 32.0 Å². The molecule has 0 atom stereocenters. The van der Waals surface area contributed by atoms with E-state index in [0.717, 1.165) is 22.3 Å². The van der Waals surface area contributed by atoms with Crippen LogP contribution in [0.5, 0.6) is 0 Å². The predicted molar refractivity (Wildman–Crippen MR) is 122 cm³/mol. The number of rotatable bonds is 8. The molecule has 0 aliphatic heterocycles. The van der Waals surface area contributed by atoms with Gasteiger partial charge in [-0.25, -0.2) is 4.79 Å². The number of carbonyl (C=O) groups is 2. The molecule has 1 aromatic heterocycles. The maximum Gasteiger partial charge on any atom is 0.341 e. The largest absolute Gasteiger partial charge is 0.462 e. The second-order valence-electron chi connectivity index (χ2n) is 7.15. The number of amides is 1. The summed E-state index contributed by atoms with van der Waals surface area (Å²) in [6, 6.07) is 17.9. The summed E-state index contributed by atoms with van der Waals surface area (Å²) >= 11 is 1.34. The summed E-state index contributed by atoms with van der Waals surface area (Å²) in [7, 11) is 1.89. The van der Waals surface area contributed by atoms with Crippen LogP contribution in [-0.4, -0.2) is 37.0 Å². The van der Waals surface area contributed by atoms with Gasteiger partial charge in [0, 0.05) is 17.5 Å². The minimum absolute atomic E-state index is 0.170. The minimum atomic E-state index is -0.428. The van der Waals surface area contributed by atoms with E-state index in [4.69, 9.17) is 4.74 Å². The molecular formula is C24H26N2O3S. The molecule has 1 amide bonds. The van der Waals surface area contributed by atoms with Crippen molar-refractivity contribution in [3.8, 4) is 11.1 Å². The number of benzene rings is 2. The molecule has 0 aliphatic carbocycles. The van der Waals surface area contributed by atoms with Gasteiger partial charge in [0.2, 0.25) is 5.91 Å². The highest BCUT2D eigenvalue weighted by Gasteiger charge is 2.23. The van der Waals surface area contributed by atoms with Gasteiger partial charge in [-0.1, -0.05) is 60.2 Å². The van der Waals surface area contributed by atoms with Gasteiger partial charge in [0.05, 0.1) is 13.2 Å². The Morgan fingerprint density at radius 1 is 1.07 bits per heavy atom. The molecule has 0 bridgehead atoms. The molecule has 30 heavy (non-hydrogen) atoms. The van der Waals surface area contributed by atoms with Crippen molar-refractivity contribution in [2.45, 2.75) is 20.4 Å². The van der Waals surface area contributed by atoms with E-state index in [2.05, 4.69) is 5.32 Å². The van der Waals surface area contributed by atoms with Crippen LogP contribution < -0.4 is 5.32 Å². The van der Waals surface area contributed by atoms with Crippen molar-refractivity contribution in [3.05, 3.63) is 76.7 Å². The Morgan fingerprint density at radius 3 is 2.43 bits per heavy atom. The quantitative estimate of drug-likeness (QED) is 0.521. The number of hydrogen-bond donors (Lipinski definition) is 1. The average molecular weight is 423 g/mol. The summed E-state index contributed by atoms with van der Waals surface area (Å²) in [5.41, 5.74) is 4.37. The van der Waals surface area contributed by atoms with Crippen molar-refractivity contribution in [2.24, 2.45) is 0 Å². The van der Waals surface area contributed by atoms with E-state index in [1.165, 1.54) is 11.3 Å². The molecule has 156 valence electrons. The lowest BCUT2D eigenvalue weighted by molar-refractivity contribution is -0.117. The highest BCUT2D eigenvalue weighted by molar-refractivity contribution is 7.15. The van der Waals surface area contributed by atoms with Gasteiger partial charge in [0.25, 0.3) is 0 Å². The lowest BCUT2D eigenvalue weighted by Gasteiger charge is -2.16. The third-order valence-corrected chi connectivity index (χ3v) is 5.49. The van der Waals surface area contributed by atoms with Crippen molar-refractivity contribution >= 4 is 28.2 Å². The Bertz CT molecular complexity index is 997. The number of likely N-dealkylation sites (N-methyl/N-ethyl adjacent to an activating group) is 1. The second kappa shape index (κ2) is 10.2. The molecule has 1 heterocycles. The first-order chi connectivity index (χ1) is 14.5. The summed E-state index contributed by atoms with van der Waals surface area (Å²) in [6.07, 6.45) is 0. The maximum absolute atomic E-state index is 12.7. The van der Waals surface area contributed by atoms with Crippen LogP contribution in [0.25, 0.3) is 11.1 Å². The minimum Gasteiger partial charge on any atom is -0.462 e.